The predicted octanol–water partition coefficient (Wildman–Crippen LogP) is 2.22. The molecule has 0 radical (unpaired) electrons. The van der Waals surface area contributed by atoms with Crippen molar-refractivity contribution in [2.24, 2.45) is 5.92 Å². The SMILES string of the molecule is CCC(C)NC(=O)CC1CCC2(CC1)OCCO2. The normalized spacial score (nSPS) is 25.2. The summed E-state index contributed by atoms with van der Waals surface area (Å²) in [6, 6.07) is 0.286. The van der Waals surface area contributed by atoms with Gasteiger partial charge in [0.05, 0.1) is 13.2 Å². The van der Waals surface area contributed by atoms with Gasteiger partial charge < -0.3 is 14.8 Å². The van der Waals surface area contributed by atoms with E-state index in [2.05, 4.69) is 12.2 Å². The quantitative estimate of drug-likeness (QED) is 0.838. The summed E-state index contributed by atoms with van der Waals surface area (Å²) in [5.41, 5.74) is 0. The van der Waals surface area contributed by atoms with Gasteiger partial charge >= 0.3 is 0 Å². The molecule has 0 aromatic heterocycles. The Kier molecular flexibility index (Phi) is 4.62. The van der Waals surface area contributed by atoms with Gasteiger partial charge in [-0.05, 0) is 32.1 Å². The molecule has 2 fully saturated rings. The molecule has 1 saturated carbocycles. The summed E-state index contributed by atoms with van der Waals surface area (Å²) in [6.45, 7) is 5.58. The highest BCUT2D eigenvalue weighted by Crippen LogP contribution is 2.39. The Bertz CT molecular complexity index is 277. The lowest BCUT2D eigenvalue weighted by molar-refractivity contribution is -0.183. The second-order valence-electron chi connectivity index (χ2n) is 5.63. The molecule has 1 spiro atoms. The summed E-state index contributed by atoms with van der Waals surface area (Å²) >= 11 is 0. The molecule has 0 aromatic carbocycles. The fraction of sp³-hybridized carbons (Fsp3) is 0.929. The van der Waals surface area contributed by atoms with Crippen LogP contribution in [0.25, 0.3) is 0 Å². The molecular formula is C14H25NO3. The van der Waals surface area contributed by atoms with Crippen LogP contribution < -0.4 is 5.32 Å². The number of ether oxygens (including phenoxy) is 2. The zero-order valence-electron chi connectivity index (χ0n) is 11.5. The van der Waals surface area contributed by atoms with E-state index in [9.17, 15) is 4.79 Å². The molecule has 4 nitrogen and oxygen atoms in total. The Balaban J connectivity index is 1.71. The van der Waals surface area contributed by atoms with Gasteiger partial charge in [0.15, 0.2) is 5.79 Å². The number of carbonyl (C=O) groups is 1. The van der Waals surface area contributed by atoms with E-state index < -0.39 is 0 Å². The molecule has 18 heavy (non-hydrogen) atoms. The van der Waals surface area contributed by atoms with Gasteiger partial charge in [-0.2, -0.15) is 0 Å². The first-order valence-corrected chi connectivity index (χ1v) is 7.21. The molecular weight excluding hydrogens is 230 g/mol. The second kappa shape index (κ2) is 6.02. The third kappa shape index (κ3) is 3.45. The molecule has 0 bridgehead atoms. The molecule has 104 valence electrons. The van der Waals surface area contributed by atoms with Gasteiger partial charge in [-0.15, -0.1) is 0 Å². The largest absolute Gasteiger partial charge is 0.354 e. The summed E-state index contributed by atoms with van der Waals surface area (Å²) in [5, 5.41) is 3.04. The Morgan fingerprint density at radius 1 is 1.33 bits per heavy atom. The van der Waals surface area contributed by atoms with Crippen LogP contribution in [0.5, 0.6) is 0 Å². The molecule has 4 heteroatoms. The minimum Gasteiger partial charge on any atom is -0.354 e. The smallest absolute Gasteiger partial charge is 0.220 e. The van der Waals surface area contributed by atoms with Crippen molar-refractivity contribution in [2.45, 2.75) is 64.2 Å². The first kappa shape index (κ1) is 13.8. The minimum atomic E-state index is -0.302. The molecule has 1 N–H and O–H groups in total. The van der Waals surface area contributed by atoms with Gasteiger partial charge in [0.2, 0.25) is 5.91 Å². The van der Waals surface area contributed by atoms with Crippen molar-refractivity contribution in [3.63, 3.8) is 0 Å². The predicted molar refractivity (Wildman–Crippen MR) is 69.1 cm³/mol. The lowest BCUT2D eigenvalue weighted by atomic mass is 9.83. The third-order valence-electron chi connectivity index (χ3n) is 4.17. The Morgan fingerprint density at radius 3 is 2.50 bits per heavy atom. The van der Waals surface area contributed by atoms with Crippen LogP contribution in [0.1, 0.15) is 52.4 Å². The zero-order valence-corrected chi connectivity index (χ0v) is 11.5. The first-order valence-electron chi connectivity index (χ1n) is 7.21. The van der Waals surface area contributed by atoms with Crippen molar-refractivity contribution in [2.75, 3.05) is 13.2 Å². The van der Waals surface area contributed by atoms with Crippen LogP contribution in [0.4, 0.5) is 0 Å². The highest BCUT2D eigenvalue weighted by Gasteiger charge is 2.40. The van der Waals surface area contributed by atoms with E-state index in [1.54, 1.807) is 0 Å². The molecule has 1 aliphatic carbocycles. The zero-order chi connectivity index (χ0) is 13.0. The second-order valence-corrected chi connectivity index (χ2v) is 5.63. The molecule has 1 amide bonds. The Morgan fingerprint density at radius 2 is 1.94 bits per heavy atom. The van der Waals surface area contributed by atoms with Crippen LogP contribution in [0, 0.1) is 5.92 Å². The molecule has 1 unspecified atom stereocenters. The maximum atomic E-state index is 11.8. The number of carbonyl (C=O) groups excluding carboxylic acids is 1. The summed E-state index contributed by atoms with van der Waals surface area (Å²) in [6.07, 6.45) is 5.59. The molecule has 1 saturated heterocycles. The van der Waals surface area contributed by atoms with Crippen molar-refractivity contribution in [3.8, 4) is 0 Å². The van der Waals surface area contributed by atoms with E-state index in [1.807, 2.05) is 6.92 Å². The van der Waals surface area contributed by atoms with Gasteiger partial charge in [0, 0.05) is 25.3 Å². The lowest BCUT2D eigenvalue weighted by Crippen LogP contribution is -2.38. The van der Waals surface area contributed by atoms with Crippen LogP contribution in [0.15, 0.2) is 0 Å². The number of amides is 1. The molecule has 2 aliphatic rings. The van der Waals surface area contributed by atoms with E-state index in [1.165, 1.54) is 0 Å². The van der Waals surface area contributed by atoms with Crippen molar-refractivity contribution in [3.05, 3.63) is 0 Å². The molecule has 0 aromatic rings. The number of rotatable bonds is 4. The van der Waals surface area contributed by atoms with Crippen molar-refractivity contribution in [1.82, 2.24) is 5.32 Å². The summed E-state index contributed by atoms with van der Waals surface area (Å²) in [4.78, 5) is 11.8. The number of nitrogens with one attached hydrogen (secondary N) is 1. The van der Waals surface area contributed by atoms with E-state index in [-0.39, 0.29) is 17.7 Å². The highest BCUT2D eigenvalue weighted by atomic mass is 16.7. The molecule has 2 rings (SSSR count). The third-order valence-corrected chi connectivity index (χ3v) is 4.17. The van der Waals surface area contributed by atoms with Crippen LogP contribution in [0.3, 0.4) is 0 Å². The van der Waals surface area contributed by atoms with Gasteiger partial charge in [-0.1, -0.05) is 6.92 Å². The van der Waals surface area contributed by atoms with Crippen LogP contribution in [0.2, 0.25) is 0 Å². The van der Waals surface area contributed by atoms with E-state index in [0.717, 1.165) is 45.3 Å². The van der Waals surface area contributed by atoms with E-state index in [4.69, 9.17) is 9.47 Å². The first-order chi connectivity index (χ1) is 8.63. The van der Waals surface area contributed by atoms with E-state index >= 15 is 0 Å². The summed E-state index contributed by atoms with van der Waals surface area (Å²) in [7, 11) is 0. The maximum absolute atomic E-state index is 11.8. The fourth-order valence-electron chi connectivity index (χ4n) is 2.81. The summed E-state index contributed by atoms with van der Waals surface area (Å²) in [5.74, 6) is 0.384. The van der Waals surface area contributed by atoms with Crippen molar-refractivity contribution < 1.29 is 14.3 Å². The van der Waals surface area contributed by atoms with Gasteiger partial charge in [-0.25, -0.2) is 0 Å². The fourth-order valence-corrected chi connectivity index (χ4v) is 2.81. The Hall–Kier alpha value is -0.610. The molecule has 1 heterocycles. The van der Waals surface area contributed by atoms with Crippen LogP contribution >= 0.6 is 0 Å². The van der Waals surface area contributed by atoms with Crippen molar-refractivity contribution in [1.29, 1.82) is 0 Å². The van der Waals surface area contributed by atoms with Gasteiger partial charge in [0.25, 0.3) is 0 Å². The van der Waals surface area contributed by atoms with Crippen molar-refractivity contribution >= 4 is 5.91 Å². The van der Waals surface area contributed by atoms with Crippen LogP contribution in [-0.4, -0.2) is 30.9 Å². The average Bonchev–Trinajstić information content (AvgIpc) is 2.81. The van der Waals surface area contributed by atoms with E-state index in [0.29, 0.717) is 12.3 Å². The number of hydrogen-bond acceptors (Lipinski definition) is 3. The Labute approximate surface area is 109 Å². The monoisotopic (exact) mass is 255 g/mol. The summed E-state index contributed by atoms with van der Waals surface area (Å²) < 4.78 is 11.4. The minimum absolute atomic E-state index is 0.193. The topological polar surface area (TPSA) is 47.6 Å². The highest BCUT2D eigenvalue weighted by molar-refractivity contribution is 5.76. The van der Waals surface area contributed by atoms with Gasteiger partial charge in [-0.3, -0.25) is 4.79 Å². The lowest BCUT2D eigenvalue weighted by Gasteiger charge is -2.35. The van der Waals surface area contributed by atoms with Crippen LogP contribution in [-0.2, 0) is 14.3 Å². The van der Waals surface area contributed by atoms with Gasteiger partial charge in [0.1, 0.15) is 0 Å². The maximum Gasteiger partial charge on any atom is 0.220 e. The molecule has 1 aliphatic heterocycles. The number of hydrogen-bond donors (Lipinski definition) is 1. The standard InChI is InChI=1S/C14H25NO3/c1-3-11(2)15-13(16)10-12-4-6-14(7-5-12)17-8-9-18-14/h11-12H,3-10H2,1-2H3,(H,15,16). The average molecular weight is 255 g/mol. The molecule has 1 atom stereocenters.